The first-order valence-electron chi connectivity index (χ1n) is 4.42. The number of halogens is 1. The number of methoxy groups -OCH3 is 1. The zero-order valence-corrected chi connectivity index (χ0v) is 9.87. The second-order valence-corrected chi connectivity index (χ2v) is 3.96. The fourth-order valence-corrected chi connectivity index (χ4v) is 1.45. The van der Waals surface area contributed by atoms with E-state index in [-0.39, 0.29) is 25.2 Å². The summed E-state index contributed by atoms with van der Waals surface area (Å²) in [4.78, 5) is 14.4. The number of carbonyl (C=O) groups excluding carboxylic acids is 1. The standard InChI is InChI=1S/C9H13BrN2O3/c1-15-5-7(4-13)12-9(14)8-2-6(10)3-11-8/h2-3,7,11,13H,4-5H2,1H3,(H,12,14). The van der Waals surface area contributed by atoms with E-state index in [1.165, 1.54) is 7.11 Å². The lowest BCUT2D eigenvalue weighted by molar-refractivity contribution is 0.0835. The monoisotopic (exact) mass is 276 g/mol. The summed E-state index contributed by atoms with van der Waals surface area (Å²) < 4.78 is 5.65. The molecule has 0 radical (unpaired) electrons. The van der Waals surface area contributed by atoms with E-state index in [1.54, 1.807) is 12.3 Å². The van der Waals surface area contributed by atoms with Gasteiger partial charge in [-0.1, -0.05) is 0 Å². The Morgan fingerprint density at radius 3 is 3.00 bits per heavy atom. The number of aromatic amines is 1. The lowest BCUT2D eigenvalue weighted by atomic mass is 10.3. The third-order valence-corrected chi connectivity index (χ3v) is 2.27. The van der Waals surface area contributed by atoms with E-state index in [0.717, 1.165) is 4.47 Å². The van der Waals surface area contributed by atoms with Crippen LogP contribution in [-0.4, -0.2) is 42.4 Å². The number of amides is 1. The molecule has 3 N–H and O–H groups in total. The van der Waals surface area contributed by atoms with Gasteiger partial charge in [0.1, 0.15) is 5.69 Å². The predicted molar refractivity (Wildman–Crippen MR) is 58.7 cm³/mol. The van der Waals surface area contributed by atoms with Crippen molar-refractivity contribution in [3.8, 4) is 0 Å². The first-order valence-corrected chi connectivity index (χ1v) is 5.21. The molecule has 0 saturated carbocycles. The molecule has 5 nitrogen and oxygen atoms in total. The van der Waals surface area contributed by atoms with Crippen molar-refractivity contribution in [3.05, 3.63) is 22.4 Å². The van der Waals surface area contributed by atoms with Crippen LogP contribution in [0.15, 0.2) is 16.7 Å². The number of H-pyrrole nitrogens is 1. The van der Waals surface area contributed by atoms with E-state index < -0.39 is 0 Å². The Hall–Kier alpha value is -0.850. The number of hydrogen-bond acceptors (Lipinski definition) is 3. The van der Waals surface area contributed by atoms with Crippen LogP contribution in [0.5, 0.6) is 0 Å². The molecular formula is C9H13BrN2O3. The number of aromatic nitrogens is 1. The lowest BCUT2D eigenvalue weighted by Gasteiger charge is -2.14. The van der Waals surface area contributed by atoms with Crippen LogP contribution in [0.3, 0.4) is 0 Å². The molecule has 1 unspecified atom stereocenters. The molecule has 1 aromatic rings. The normalized spacial score (nSPS) is 12.5. The van der Waals surface area contributed by atoms with Crippen LogP contribution in [0.2, 0.25) is 0 Å². The smallest absolute Gasteiger partial charge is 0.268 e. The van der Waals surface area contributed by atoms with Gasteiger partial charge in [0.25, 0.3) is 5.91 Å². The van der Waals surface area contributed by atoms with E-state index in [1.807, 2.05) is 0 Å². The molecule has 0 aliphatic carbocycles. The van der Waals surface area contributed by atoms with Gasteiger partial charge in [-0.2, -0.15) is 0 Å². The average molecular weight is 277 g/mol. The average Bonchev–Trinajstić information content (AvgIpc) is 2.64. The Balaban J connectivity index is 2.54. The highest BCUT2D eigenvalue weighted by Crippen LogP contribution is 2.10. The number of nitrogens with one attached hydrogen (secondary N) is 2. The van der Waals surface area contributed by atoms with Crippen molar-refractivity contribution in [1.29, 1.82) is 0 Å². The summed E-state index contributed by atoms with van der Waals surface area (Å²) in [6.45, 7) is 0.131. The number of hydrogen-bond donors (Lipinski definition) is 3. The topological polar surface area (TPSA) is 74.3 Å². The molecule has 1 heterocycles. The maximum absolute atomic E-state index is 11.6. The van der Waals surface area contributed by atoms with Crippen LogP contribution in [0.25, 0.3) is 0 Å². The fraction of sp³-hybridized carbons (Fsp3) is 0.444. The minimum absolute atomic E-state index is 0.151. The Morgan fingerprint density at radius 1 is 1.80 bits per heavy atom. The van der Waals surface area contributed by atoms with Gasteiger partial charge in [-0.05, 0) is 22.0 Å². The van der Waals surface area contributed by atoms with E-state index in [0.29, 0.717) is 5.69 Å². The molecule has 0 aliphatic rings. The highest BCUT2D eigenvalue weighted by molar-refractivity contribution is 9.10. The molecular weight excluding hydrogens is 264 g/mol. The Labute approximate surface area is 96.0 Å². The summed E-state index contributed by atoms with van der Waals surface area (Å²) >= 11 is 3.23. The second kappa shape index (κ2) is 5.89. The van der Waals surface area contributed by atoms with Gasteiger partial charge in [0, 0.05) is 17.8 Å². The first-order chi connectivity index (χ1) is 7.17. The van der Waals surface area contributed by atoms with Crippen molar-refractivity contribution in [2.45, 2.75) is 6.04 Å². The summed E-state index contributed by atoms with van der Waals surface area (Å²) in [6.07, 6.45) is 1.67. The maximum atomic E-state index is 11.6. The highest BCUT2D eigenvalue weighted by atomic mass is 79.9. The van der Waals surface area contributed by atoms with Crippen molar-refractivity contribution in [1.82, 2.24) is 10.3 Å². The lowest BCUT2D eigenvalue weighted by Crippen LogP contribution is -2.40. The quantitative estimate of drug-likeness (QED) is 0.734. The maximum Gasteiger partial charge on any atom is 0.268 e. The number of ether oxygens (including phenoxy) is 1. The minimum Gasteiger partial charge on any atom is -0.394 e. The molecule has 1 rings (SSSR count). The van der Waals surface area contributed by atoms with Crippen molar-refractivity contribution < 1.29 is 14.6 Å². The molecule has 1 atom stereocenters. The van der Waals surface area contributed by atoms with E-state index in [9.17, 15) is 4.79 Å². The van der Waals surface area contributed by atoms with Crippen molar-refractivity contribution in [2.75, 3.05) is 20.3 Å². The Bertz CT molecular complexity index is 327. The molecule has 0 saturated heterocycles. The minimum atomic E-state index is -0.385. The van der Waals surface area contributed by atoms with Crippen LogP contribution in [0.1, 0.15) is 10.5 Å². The van der Waals surface area contributed by atoms with Crippen LogP contribution in [0.4, 0.5) is 0 Å². The van der Waals surface area contributed by atoms with Crippen molar-refractivity contribution in [2.24, 2.45) is 0 Å². The van der Waals surface area contributed by atoms with E-state index in [2.05, 4.69) is 26.2 Å². The largest absolute Gasteiger partial charge is 0.394 e. The molecule has 0 aromatic carbocycles. The third kappa shape index (κ3) is 3.65. The molecule has 1 amide bonds. The van der Waals surface area contributed by atoms with Crippen LogP contribution in [0, 0.1) is 0 Å². The molecule has 15 heavy (non-hydrogen) atoms. The summed E-state index contributed by atoms with van der Waals surface area (Å²) in [5.74, 6) is -0.267. The van der Waals surface area contributed by atoms with Gasteiger partial charge in [0.2, 0.25) is 0 Å². The molecule has 0 aliphatic heterocycles. The number of aliphatic hydroxyl groups is 1. The Morgan fingerprint density at radius 2 is 2.53 bits per heavy atom. The zero-order valence-electron chi connectivity index (χ0n) is 8.29. The van der Waals surface area contributed by atoms with E-state index in [4.69, 9.17) is 9.84 Å². The van der Waals surface area contributed by atoms with Crippen LogP contribution >= 0.6 is 15.9 Å². The van der Waals surface area contributed by atoms with Gasteiger partial charge in [0.05, 0.1) is 19.3 Å². The number of carbonyl (C=O) groups is 1. The van der Waals surface area contributed by atoms with Gasteiger partial charge in [-0.25, -0.2) is 0 Å². The summed E-state index contributed by atoms with van der Waals surface area (Å²) in [5, 5.41) is 11.6. The molecule has 6 heteroatoms. The fourth-order valence-electron chi connectivity index (χ4n) is 1.10. The van der Waals surface area contributed by atoms with Gasteiger partial charge in [0.15, 0.2) is 0 Å². The van der Waals surface area contributed by atoms with Crippen molar-refractivity contribution in [3.63, 3.8) is 0 Å². The van der Waals surface area contributed by atoms with Crippen LogP contribution in [-0.2, 0) is 4.74 Å². The molecule has 1 aromatic heterocycles. The van der Waals surface area contributed by atoms with Crippen LogP contribution < -0.4 is 5.32 Å². The Kier molecular flexibility index (Phi) is 4.80. The van der Waals surface area contributed by atoms with Crippen molar-refractivity contribution >= 4 is 21.8 Å². The number of rotatable bonds is 5. The molecule has 84 valence electrons. The summed E-state index contributed by atoms with van der Waals surface area (Å²) in [6, 6.07) is 1.28. The van der Waals surface area contributed by atoms with E-state index >= 15 is 0 Å². The first kappa shape index (κ1) is 12.2. The van der Waals surface area contributed by atoms with Gasteiger partial charge in [-0.3, -0.25) is 4.79 Å². The van der Waals surface area contributed by atoms with Gasteiger partial charge >= 0.3 is 0 Å². The van der Waals surface area contributed by atoms with Gasteiger partial charge in [-0.15, -0.1) is 0 Å². The highest BCUT2D eigenvalue weighted by Gasteiger charge is 2.13. The molecule has 0 fully saturated rings. The molecule has 0 bridgehead atoms. The van der Waals surface area contributed by atoms with Gasteiger partial charge < -0.3 is 20.1 Å². The summed E-state index contributed by atoms with van der Waals surface area (Å²) in [5.41, 5.74) is 0.441. The third-order valence-electron chi connectivity index (χ3n) is 1.82. The number of aliphatic hydroxyl groups excluding tert-OH is 1. The zero-order chi connectivity index (χ0) is 11.3. The predicted octanol–water partition coefficient (Wildman–Crippen LogP) is 0.514. The second-order valence-electron chi connectivity index (χ2n) is 3.04. The summed E-state index contributed by atoms with van der Waals surface area (Å²) in [7, 11) is 1.51. The SMILES string of the molecule is COCC(CO)NC(=O)c1cc(Br)c[nH]1. The molecule has 0 spiro atoms.